The number of fused-ring (bicyclic) bond motifs is 1. The van der Waals surface area contributed by atoms with Gasteiger partial charge in [0, 0.05) is 36.3 Å². The molecule has 2 aromatic carbocycles. The predicted octanol–water partition coefficient (Wildman–Crippen LogP) is 1.64. The molecular weight excluding hydrogens is 594 g/mol. The molecule has 0 spiro atoms. The molecule has 0 aromatic heterocycles. The van der Waals surface area contributed by atoms with E-state index in [9.17, 15) is 22.8 Å². The number of ether oxygens (including phenoxy) is 4. The number of piperidine rings is 1. The number of hydrogen-bond acceptors (Lipinski definition) is 11. The fourth-order valence-electron chi connectivity index (χ4n) is 4.75. The lowest BCUT2D eigenvalue weighted by molar-refractivity contribution is -0.136. The number of anilines is 1. The van der Waals surface area contributed by atoms with E-state index in [4.69, 9.17) is 23.1 Å². The summed E-state index contributed by atoms with van der Waals surface area (Å²) >= 11 is 0. The van der Waals surface area contributed by atoms with Crippen LogP contribution in [0.5, 0.6) is 0 Å². The van der Waals surface area contributed by atoms with Gasteiger partial charge in [-0.05, 0) is 37.6 Å². The topological polar surface area (TPSA) is 159 Å². The van der Waals surface area contributed by atoms with Crippen LogP contribution in [-0.2, 0) is 49.4 Å². The van der Waals surface area contributed by atoms with Gasteiger partial charge in [0.05, 0.1) is 64.4 Å². The molecule has 2 aliphatic rings. The van der Waals surface area contributed by atoms with Gasteiger partial charge in [-0.15, -0.1) is 0 Å². The maximum Gasteiger partial charge on any atom is 0.297 e. The maximum absolute atomic E-state index is 12.9. The van der Waals surface area contributed by atoms with Crippen molar-refractivity contribution in [2.24, 2.45) is 0 Å². The van der Waals surface area contributed by atoms with Crippen molar-refractivity contribution in [3.63, 3.8) is 0 Å². The zero-order chi connectivity index (χ0) is 31.4. The van der Waals surface area contributed by atoms with Crippen LogP contribution in [0.2, 0.25) is 0 Å². The predicted molar refractivity (Wildman–Crippen MR) is 159 cm³/mol. The summed E-state index contributed by atoms with van der Waals surface area (Å²) in [5.74, 6) is -0.950. The Morgan fingerprint density at radius 3 is 2.09 bits per heavy atom. The molecule has 2 aromatic rings. The Bertz CT molecular complexity index is 1380. The number of benzene rings is 2. The Morgan fingerprint density at radius 1 is 0.841 bits per heavy atom. The van der Waals surface area contributed by atoms with Gasteiger partial charge in [-0.3, -0.25) is 23.9 Å². The molecule has 4 rings (SSSR count). The first-order valence-electron chi connectivity index (χ1n) is 14.5. The normalized spacial score (nSPS) is 16.7. The first-order valence-corrected chi connectivity index (χ1v) is 15.9. The van der Waals surface area contributed by atoms with E-state index in [1.165, 1.54) is 17.0 Å². The zero-order valence-corrected chi connectivity index (χ0v) is 25.6. The van der Waals surface area contributed by atoms with Crippen molar-refractivity contribution in [1.29, 1.82) is 0 Å². The number of rotatable bonds is 19. The standard InChI is InChI=1S/C30H39N3O10S/c1-22-5-7-23(8-6-22)44(37,38)43-20-19-42-18-17-41-16-15-40-14-13-39-12-11-31-26-4-2-3-24-25(26)21-33(30(24)36)27-9-10-28(34)32-29(27)35/h2-8,27,31H,9-21H2,1H3,(H,32,34,35). The van der Waals surface area contributed by atoms with Crippen LogP contribution < -0.4 is 10.6 Å². The third-order valence-electron chi connectivity index (χ3n) is 7.04. The summed E-state index contributed by atoms with van der Waals surface area (Å²) in [5, 5.41) is 5.61. The summed E-state index contributed by atoms with van der Waals surface area (Å²) < 4.78 is 51.0. The van der Waals surface area contributed by atoms with Gasteiger partial charge in [0.2, 0.25) is 11.8 Å². The van der Waals surface area contributed by atoms with Crippen molar-refractivity contribution < 1.29 is 45.9 Å². The van der Waals surface area contributed by atoms with Crippen LogP contribution in [0.4, 0.5) is 5.69 Å². The largest absolute Gasteiger partial charge is 0.382 e. The minimum absolute atomic E-state index is 0.0781. The van der Waals surface area contributed by atoms with Gasteiger partial charge in [-0.1, -0.05) is 23.8 Å². The van der Waals surface area contributed by atoms with Gasteiger partial charge in [0.1, 0.15) is 6.04 Å². The number of nitrogens with one attached hydrogen (secondary N) is 2. The molecule has 1 fully saturated rings. The molecule has 3 amide bonds. The van der Waals surface area contributed by atoms with Crippen LogP contribution in [0.25, 0.3) is 0 Å². The van der Waals surface area contributed by atoms with E-state index in [-0.39, 0.29) is 36.3 Å². The van der Waals surface area contributed by atoms with Crippen molar-refractivity contribution in [2.45, 2.75) is 37.2 Å². The van der Waals surface area contributed by atoms with E-state index in [0.717, 1.165) is 16.8 Å². The molecule has 44 heavy (non-hydrogen) atoms. The summed E-state index contributed by atoms with van der Waals surface area (Å²) in [5.41, 5.74) is 3.16. The quantitative estimate of drug-likeness (QED) is 0.132. The van der Waals surface area contributed by atoms with Gasteiger partial charge in [0.15, 0.2) is 0 Å². The van der Waals surface area contributed by atoms with Crippen LogP contribution >= 0.6 is 0 Å². The molecule has 2 N–H and O–H groups in total. The molecule has 0 radical (unpaired) electrons. The Morgan fingerprint density at radius 2 is 1.45 bits per heavy atom. The van der Waals surface area contributed by atoms with E-state index in [0.29, 0.717) is 71.3 Å². The van der Waals surface area contributed by atoms with Gasteiger partial charge >= 0.3 is 0 Å². The van der Waals surface area contributed by atoms with Gasteiger partial charge < -0.3 is 29.2 Å². The van der Waals surface area contributed by atoms with Crippen LogP contribution in [-0.4, -0.2) is 103 Å². The summed E-state index contributed by atoms with van der Waals surface area (Å²) in [7, 11) is -3.79. The fraction of sp³-hybridized carbons (Fsp3) is 0.500. The Hall–Kier alpha value is -3.40. The molecule has 14 heteroatoms. The molecule has 0 aliphatic carbocycles. The lowest BCUT2D eigenvalue weighted by Gasteiger charge is -2.29. The molecular formula is C30H39N3O10S. The van der Waals surface area contributed by atoms with E-state index in [1.54, 1.807) is 24.3 Å². The SMILES string of the molecule is Cc1ccc(S(=O)(=O)OCCOCCOCCOCCOCCNc2cccc3c2CN(C2CCC(=O)NC2=O)C3=O)cc1. The molecule has 2 aliphatic heterocycles. The summed E-state index contributed by atoms with van der Waals surface area (Å²) in [6, 6.07) is 11.2. The van der Waals surface area contributed by atoms with Crippen LogP contribution in [0.3, 0.4) is 0 Å². The average molecular weight is 634 g/mol. The number of hydrogen-bond donors (Lipinski definition) is 2. The van der Waals surface area contributed by atoms with Gasteiger partial charge in [-0.25, -0.2) is 0 Å². The highest BCUT2D eigenvalue weighted by molar-refractivity contribution is 7.86. The van der Waals surface area contributed by atoms with E-state index >= 15 is 0 Å². The minimum atomic E-state index is -3.79. The fourth-order valence-corrected chi connectivity index (χ4v) is 5.64. The number of carbonyl (C=O) groups excluding carboxylic acids is 3. The second kappa shape index (κ2) is 16.6. The second-order valence-corrected chi connectivity index (χ2v) is 11.8. The van der Waals surface area contributed by atoms with Crippen LogP contribution in [0.15, 0.2) is 47.4 Å². The molecule has 2 heterocycles. The number of imide groups is 1. The van der Waals surface area contributed by atoms with Crippen LogP contribution in [0, 0.1) is 6.92 Å². The number of carbonyl (C=O) groups is 3. The summed E-state index contributed by atoms with van der Waals surface area (Å²) in [4.78, 5) is 38.3. The molecule has 13 nitrogen and oxygen atoms in total. The lowest BCUT2D eigenvalue weighted by Crippen LogP contribution is -2.52. The highest BCUT2D eigenvalue weighted by Gasteiger charge is 2.39. The van der Waals surface area contributed by atoms with Gasteiger partial charge in [0.25, 0.3) is 16.0 Å². The Balaban J connectivity index is 0.982. The third kappa shape index (κ3) is 9.55. The minimum Gasteiger partial charge on any atom is -0.382 e. The summed E-state index contributed by atoms with van der Waals surface area (Å²) in [6.45, 7) is 5.43. The maximum atomic E-state index is 12.9. The highest BCUT2D eigenvalue weighted by Crippen LogP contribution is 2.32. The van der Waals surface area contributed by atoms with Crippen molar-refractivity contribution in [3.8, 4) is 0 Å². The van der Waals surface area contributed by atoms with Crippen LogP contribution in [0.1, 0.15) is 34.3 Å². The Labute approximate surface area is 257 Å². The zero-order valence-electron chi connectivity index (χ0n) is 24.7. The molecule has 1 saturated heterocycles. The lowest BCUT2D eigenvalue weighted by atomic mass is 10.0. The molecule has 1 atom stereocenters. The molecule has 1 unspecified atom stereocenters. The monoisotopic (exact) mass is 633 g/mol. The Kier molecular flexibility index (Phi) is 12.6. The van der Waals surface area contributed by atoms with E-state index in [1.807, 2.05) is 13.0 Å². The average Bonchev–Trinajstić information content (AvgIpc) is 3.33. The van der Waals surface area contributed by atoms with Crippen molar-refractivity contribution in [1.82, 2.24) is 10.2 Å². The van der Waals surface area contributed by atoms with Gasteiger partial charge in [-0.2, -0.15) is 8.42 Å². The van der Waals surface area contributed by atoms with E-state index < -0.39 is 22.1 Å². The molecule has 0 bridgehead atoms. The summed E-state index contributed by atoms with van der Waals surface area (Å²) in [6.07, 6.45) is 0.541. The first kappa shape index (κ1) is 33.5. The highest BCUT2D eigenvalue weighted by atomic mass is 32.2. The smallest absolute Gasteiger partial charge is 0.297 e. The van der Waals surface area contributed by atoms with Crippen molar-refractivity contribution >= 4 is 33.5 Å². The number of amides is 3. The van der Waals surface area contributed by atoms with E-state index in [2.05, 4.69) is 10.6 Å². The molecule has 0 saturated carbocycles. The second-order valence-electron chi connectivity index (χ2n) is 10.2. The third-order valence-corrected chi connectivity index (χ3v) is 8.36. The first-order chi connectivity index (χ1) is 21.3. The number of nitrogens with zero attached hydrogens (tertiary/aromatic N) is 1. The van der Waals surface area contributed by atoms with Crippen molar-refractivity contribution in [2.75, 3.05) is 71.3 Å². The number of aryl methyl sites for hydroxylation is 1. The van der Waals surface area contributed by atoms with Crippen molar-refractivity contribution in [3.05, 3.63) is 59.2 Å². The molecule has 240 valence electrons.